The molecule has 1 rings (SSSR count). The number of ether oxygens (including phenoxy) is 1. The number of hydrogen-bond acceptors (Lipinski definition) is 8. The van der Waals surface area contributed by atoms with Gasteiger partial charge < -0.3 is 19.8 Å². The number of rotatable bonds is 17. The van der Waals surface area contributed by atoms with Gasteiger partial charge in [-0.3, -0.25) is 9.59 Å². The number of esters is 1. The van der Waals surface area contributed by atoms with E-state index in [9.17, 15) is 29.9 Å². The average Bonchev–Trinajstić information content (AvgIpc) is 2.98. The predicted molar refractivity (Wildman–Crippen MR) is 114 cm³/mol. The Morgan fingerprint density at radius 2 is 1.97 bits per heavy atom. The van der Waals surface area contributed by atoms with Crippen molar-refractivity contribution in [2.24, 2.45) is 11.8 Å². The maximum atomic E-state index is 12.3. The first-order valence-corrected chi connectivity index (χ1v) is 11.3. The minimum atomic E-state index is -0.933. The SMILES string of the molecule is CCCCCC(O)C=CC1C(O)CC(=O)C1CCCCCCC(=O)OCCO[N+](=O)[O-]. The third-order valence-electron chi connectivity index (χ3n) is 5.58. The van der Waals surface area contributed by atoms with Crippen molar-refractivity contribution in [3.05, 3.63) is 22.3 Å². The van der Waals surface area contributed by atoms with E-state index in [1.807, 2.05) is 6.08 Å². The number of Topliss-reactive ketones (excluding diaryl/α,β-unsaturated/α-hetero) is 1. The number of unbranched alkanes of at least 4 members (excludes halogenated alkanes) is 5. The highest BCUT2D eigenvalue weighted by molar-refractivity contribution is 5.84. The van der Waals surface area contributed by atoms with Crippen molar-refractivity contribution < 1.29 is 34.5 Å². The lowest BCUT2D eigenvalue weighted by Crippen LogP contribution is -2.19. The summed E-state index contributed by atoms with van der Waals surface area (Å²) in [6, 6.07) is 0. The fourth-order valence-electron chi connectivity index (χ4n) is 3.88. The molecule has 0 bridgehead atoms. The van der Waals surface area contributed by atoms with Gasteiger partial charge in [0.15, 0.2) is 0 Å². The summed E-state index contributed by atoms with van der Waals surface area (Å²) in [7, 11) is 0. The van der Waals surface area contributed by atoms with E-state index in [1.54, 1.807) is 6.08 Å². The monoisotopic (exact) mass is 443 g/mol. The first kappa shape index (κ1) is 27.0. The molecule has 0 saturated heterocycles. The van der Waals surface area contributed by atoms with Gasteiger partial charge in [-0.2, -0.15) is 0 Å². The van der Waals surface area contributed by atoms with Gasteiger partial charge in [-0.1, -0.05) is 57.6 Å². The summed E-state index contributed by atoms with van der Waals surface area (Å²) >= 11 is 0. The summed E-state index contributed by atoms with van der Waals surface area (Å²) in [5, 5.41) is 29.3. The Bertz CT molecular complexity index is 580. The van der Waals surface area contributed by atoms with Gasteiger partial charge in [-0.25, -0.2) is 0 Å². The molecule has 0 aromatic carbocycles. The molecular weight excluding hydrogens is 406 g/mol. The van der Waals surface area contributed by atoms with E-state index in [0.29, 0.717) is 19.3 Å². The van der Waals surface area contributed by atoms with Crippen LogP contribution in [0.3, 0.4) is 0 Å². The normalized spacial score (nSPS) is 22.0. The molecule has 9 heteroatoms. The second-order valence-corrected chi connectivity index (χ2v) is 8.10. The minimum Gasteiger partial charge on any atom is -0.464 e. The zero-order chi connectivity index (χ0) is 23.1. The van der Waals surface area contributed by atoms with Crippen LogP contribution in [0.1, 0.15) is 77.6 Å². The summed E-state index contributed by atoms with van der Waals surface area (Å²) in [6.07, 6.45) is 10.3. The molecule has 4 atom stereocenters. The van der Waals surface area contributed by atoms with Gasteiger partial charge in [0, 0.05) is 24.7 Å². The molecule has 1 fully saturated rings. The Hall–Kier alpha value is -2.00. The molecule has 0 aliphatic heterocycles. The maximum Gasteiger partial charge on any atom is 0.305 e. The van der Waals surface area contributed by atoms with Crippen molar-refractivity contribution in [2.45, 2.75) is 89.8 Å². The van der Waals surface area contributed by atoms with Crippen LogP contribution < -0.4 is 0 Å². The second-order valence-electron chi connectivity index (χ2n) is 8.10. The first-order valence-electron chi connectivity index (χ1n) is 11.3. The number of aliphatic hydroxyl groups is 2. The lowest BCUT2D eigenvalue weighted by molar-refractivity contribution is -0.757. The summed E-state index contributed by atoms with van der Waals surface area (Å²) in [4.78, 5) is 37.8. The van der Waals surface area contributed by atoms with Crippen LogP contribution in [0.5, 0.6) is 0 Å². The number of aliphatic hydroxyl groups excluding tert-OH is 2. The first-order chi connectivity index (χ1) is 14.8. The quantitative estimate of drug-likeness (QED) is 0.115. The van der Waals surface area contributed by atoms with Gasteiger partial charge in [-0.05, 0) is 19.3 Å². The second kappa shape index (κ2) is 15.8. The van der Waals surface area contributed by atoms with Gasteiger partial charge in [0.05, 0.1) is 12.2 Å². The molecular formula is C22H37NO8. The van der Waals surface area contributed by atoms with Crippen LogP contribution in [-0.2, 0) is 19.2 Å². The molecule has 0 heterocycles. The van der Waals surface area contributed by atoms with Crippen molar-refractivity contribution in [3.63, 3.8) is 0 Å². The molecule has 178 valence electrons. The van der Waals surface area contributed by atoms with E-state index in [-0.39, 0.29) is 43.7 Å². The Labute approximate surface area is 183 Å². The average molecular weight is 444 g/mol. The van der Waals surface area contributed by atoms with E-state index in [1.165, 1.54) is 0 Å². The summed E-state index contributed by atoms with van der Waals surface area (Å²) in [5.41, 5.74) is 0. The van der Waals surface area contributed by atoms with Gasteiger partial charge in [0.25, 0.3) is 5.09 Å². The molecule has 0 aromatic heterocycles. The highest BCUT2D eigenvalue weighted by atomic mass is 17.0. The molecule has 0 aromatic rings. The van der Waals surface area contributed by atoms with E-state index in [2.05, 4.69) is 11.8 Å². The fourth-order valence-corrected chi connectivity index (χ4v) is 3.88. The largest absolute Gasteiger partial charge is 0.464 e. The summed E-state index contributed by atoms with van der Waals surface area (Å²) in [5.74, 6) is -0.808. The van der Waals surface area contributed by atoms with E-state index in [0.717, 1.165) is 38.5 Å². The summed E-state index contributed by atoms with van der Waals surface area (Å²) < 4.78 is 4.83. The number of hydrogen-bond donors (Lipinski definition) is 2. The molecule has 0 spiro atoms. The molecule has 1 saturated carbocycles. The summed E-state index contributed by atoms with van der Waals surface area (Å²) in [6.45, 7) is 1.69. The smallest absolute Gasteiger partial charge is 0.305 e. The highest BCUT2D eigenvalue weighted by Gasteiger charge is 2.39. The van der Waals surface area contributed by atoms with Crippen LogP contribution in [0.15, 0.2) is 12.2 Å². The third-order valence-corrected chi connectivity index (χ3v) is 5.58. The zero-order valence-corrected chi connectivity index (χ0v) is 18.4. The van der Waals surface area contributed by atoms with Crippen LogP contribution >= 0.6 is 0 Å². The van der Waals surface area contributed by atoms with Crippen molar-refractivity contribution >= 4 is 11.8 Å². The molecule has 1 aliphatic rings. The van der Waals surface area contributed by atoms with Crippen molar-refractivity contribution in [1.82, 2.24) is 0 Å². The Morgan fingerprint density at radius 3 is 2.68 bits per heavy atom. The number of ketones is 1. The van der Waals surface area contributed by atoms with Gasteiger partial charge in [0.2, 0.25) is 0 Å². The number of carbonyl (C=O) groups excluding carboxylic acids is 2. The molecule has 2 N–H and O–H groups in total. The predicted octanol–water partition coefficient (Wildman–Crippen LogP) is 3.14. The van der Waals surface area contributed by atoms with E-state index in [4.69, 9.17) is 4.74 Å². The molecule has 0 amide bonds. The van der Waals surface area contributed by atoms with E-state index >= 15 is 0 Å². The van der Waals surface area contributed by atoms with Crippen molar-refractivity contribution in [2.75, 3.05) is 13.2 Å². The van der Waals surface area contributed by atoms with Gasteiger partial charge in [-0.15, -0.1) is 10.1 Å². The lowest BCUT2D eigenvalue weighted by atomic mass is 9.88. The van der Waals surface area contributed by atoms with Gasteiger partial charge >= 0.3 is 5.97 Å². The maximum absolute atomic E-state index is 12.3. The van der Waals surface area contributed by atoms with Crippen LogP contribution in [0.25, 0.3) is 0 Å². The molecule has 0 radical (unpaired) electrons. The fraction of sp³-hybridized carbons (Fsp3) is 0.818. The lowest BCUT2D eigenvalue weighted by Gasteiger charge is -2.18. The Kier molecular flexibility index (Phi) is 13.7. The zero-order valence-electron chi connectivity index (χ0n) is 18.4. The topological polar surface area (TPSA) is 136 Å². The standard InChI is InChI=1S/C22H37NO8/c1-2-3-6-9-17(24)12-13-19-18(20(25)16-21(19)26)10-7-4-5-8-11-22(27)30-14-15-31-23(28)29/h12-13,17-19,21,24,26H,2-11,14-16H2,1H3. The molecule has 31 heavy (non-hydrogen) atoms. The third kappa shape index (κ3) is 11.8. The van der Waals surface area contributed by atoms with Gasteiger partial charge in [0.1, 0.15) is 19.0 Å². The molecule has 4 unspecified atom stereocenters. The van der Waals surface area contributed by atoms with Crippen LogP contribution in [0, 0.1) is 22.0 Å². The van der Waals surface area contributed by atoms with Crippen LogP contribution in [-0.4, -0.2) is 52.5 Å². The molecule has 9 nitrogen and oxygen atoms in total. The number of carbonyl (C=O) groups is 2. The number of nitrogens with zero attached hydrogens (tertiary/aromatic N) is 1. The van der Waals surface area contributed by atoms with E-state index < -0.39 is 23.3 Å². The van der Waals surface area contributed by atoms with Crippen LogP contribution in [0.2, 0.25) is 0 Å². The molecule has 1 aliphatic carbocycles. The van der Waals surface area contributed by atoms with Crippen LogP contribution in [0.4, 0.5) is 0 Å². The Balaban J connectivity index is 2.24. The Morgan fingerprint density at radius 1 is 1.23 bits per heavy atom. The highest BCUT2D eigenvalue weighted by Crippen LogP contribution is 2.34. The van der Waals surface area contributed by atoms with Crippen molar-refractivity contribution in [1.29, 1.82) is 0 Å². The van der Waals surface area contributed by atoms with Crippen molar-refractivity contribution in [3.8, 4) is 0 Å². The minimum absolute atomic E-state index is 0.0724.